The Balaban J connectivity index is 2.15. The highest BCUT2D eigenvalue weighted by Gasteiger charge is 2.28. The molecule has 1 aliphatic carbocycles. The second-order valence-corrected chi connectivity index (χ2v) is 6.85. The van der Waals surface area contributed by atoms with Crippen LogP contribution in [-0.4, -0.2) is 0 Å². The van der Waals surface area contributed by atoms with Crippen molar-refractivity contribution >= 4 is 11.3 Å². The van der Waals surface area contributed by atoms with Gasteiger partial charge in [-0.1, -0.05) is 19.8 Å². The van der Waals surface area contributed by atoms with Crippen LogP contribution in [0.4, 0.5) is 0 Å². The van der Waals surface area contributed by atoms with Crippen LogP contribution in [0.2, 0.25) is 0 Å². The van der Waals surface area contributed by atoms with E-state index in [2.05, 4.69) is 32.3 Å². The molecular weight excluding hydrogens is 228 g/mol. The number of nitrogens with two attached hydrogens (primary N) is 1. The second-order valence-electron chi connectivity index (χ2n) is 5.56. The molecule has 2 nitrogen and oxygen atoms in total. The van der Waals surface area contributed by atoms with Crippen LogP contribution in [0.1, 0.15) is 54.0 Å². The zero-order chi connectivity index (χ0) is 12.4. The summed E-state index contributed by atoms with van der Waals surface area (Å²) in [5.41, 5.74) is 4.46. The van der Waals surface area contributed by atoms with Gasteiger partial charge in [0.15, 0.2) is 0 Å². The topological polar surface area (TPSA) is 38.0 Å². The summed E-state index contributed by atoms with van der Waals surface area (Å²) in [5.74, 6) is 7.36. The molecule has 3 heteroatoms. The summed E-state index contributed by atoms with van der Waals surface area (Å²) in [6, 6.07) is 2.67. The van der Waals surface area contributed by atoms with Gasteiger partial charge >= 0.3 is 0 Å². The predicted octanol–water partition coefficient (Wildman–Crippen LogP) is 3.70. The van der Waals surface area contributed by atoms with E-state index < -0.39 is 0 Å². The first-order chi connectivity index (χ1) is 8.11. The van der Waals surface area contributed by atoms with Crippen LogP contribution in [0.5, 0.6) is 0 Å². The molecule has 0 aliphatic heterocycles. The van der Waals surface area contributed by atoms with Gasteiger partial charge < -0.3 is 0 Å². The number of hydrazine groups is 1. The Kier molecular flexibility index (Phi) is 4.23. The molecule has 1 fully saturated rings. The van der Waals surface area contributed by atoms with E-state index in [1.807, 2.05) is 11.3 Å². The minimum Gasteiger partial charge on any atom is -0.271 e. The first-order valence-corrected chi connectivity index (χ1v) is 7.46. The second kappa shape index (κ2) is 5.51. The largest absolute Gasteiger partial charge is 0.271 e. The van der Waals surface area contributed by atoms with Gasteiger partial charge in [-0.05, 0) is 50.2 Å². The molecule has 3 N–H and O–H groups in total. The summed E-state index contributed by atoms with van der Waals surface area (Å²) in [6.07, 6.45) is 5.36. The maximum absolute atomic E-state index is 5.80. The normalized spacial score (nSPS) is 27.1. The van der Waals surface area contributed by atoms with Crippen LogP contribution < -0.4 is 11.3 Å². The Hall–Kier alpha value is -0.380. The highest BCUT2D eigenvalue weighted by molar-refractivity contribution is 7.12. The number of nitrogens with one attached hydrogen (secondary N) is 1. The van der Waals surface area contributed by atoms with Gasteiger partial charge in [-0.3, -0.25) is 11.3 Å². The Bertz CT molecular complexity index is 353. The van der Waals surface area contributed by atoms with Gasteiger partial charge in [0.1, 0.15) is 0 Å². The smallest absolute Gasteiger partial charge is 0.0581 e. The van der Waals surface area contributed by atoms with Crippen LogP contribution in [0, 0.1) is 25.7 Å². The summed E-state index contributed by atoms with van der Waals surface area (Å²) in [4.78, 5) is 2.84. The van der Waals surface area contributed by atoms with Gasteiger partial charge in [0.25, 0.3) is 0 Å². The van der Waals surface area contributed by atoms with Crippen molar-refractivity contribution in [3.05, 3.63) is 21.4 Å². The van der Waals surface area contributed by atoms with E-state index in [9.17, 15) is 0 Å². The molecule has 1 saturated carbocycles. The molecule has 1 heterocycles. The molecule has 1 aliphatic rings. The molecule has 0 spiro atoms. The summed E-state index contributed by atoms with van der Waals surface area (Å²) in [7, 11) is 0. The molecule has 1 aromatic rings. The summed E-state index contributed by atoms with van der Waals surface area (Å²) >= 11 is 1.90. The van der Waals surface area contributed by atoms with Crippen molar-refractivity contribution in [2.24, 2.45) is 17.7 Å². The summed E-state index contributed by atoms with van der Waals surface area (Å²) < 4.78 is 0. The molecule has 0 radical (unpaired) electrons. The average Bonchev–Trinajstić information content (AvgIpc) is 2.60. The van der Waals surface area contributed by atoms with E-state index in [1.165, 1.54) is 41.0 Å². The fourth-order valence-electron chi connectivity index (χ4n) is 2.99. The third-order valence-electron chi connectivity index (χ3n) is 4.12. The molecule has 0 amide bonds. The van der Waals surface area contributed by atoms with Crippen LogP contribution in [0.25, 0.3) is 0 Å². The fourth-order valence-corrected chi connectivity index (χ4v) is 4.19. The lowest BCUT2D eigenvalue weighted by molar-refractivity contribution is 0.226. The van der Waals surface area contributed by atoms with Gasteiger partial charge in [0.05, 0.1) is 6.04 Å². The standard InChI is InChI=1S/C14H24N2S/c1-9-5-4-6-12(7-9)14(16-15)13-8-10(2)11(3)17-13/h8-9,12,14,16H,4-7,15H2,1-3H3. The van der Waals surface area contributed by atoms with E-state index in [0.29, 0.717) is 12.0 Å². The molecule has 3 atom stereocenters. The quantitative estimate of drug-likeness (QED) is 0.636. The van der Waals surface area contributed by atoms with Crippen LogP contribution >= 0.6 is 11.3 Å². The Morgan fingerprint density at radius 3 is 2.71 bits per heavy atom. The number of hydrogen-bond acceptors (Lipinski definition) is 3. The van der Waals surface area contributed by atoms with Crippen molar-refractivity contribution in [3.63, 3.8) is 0 Å². The maximum atomic E-state index is 5.80. The first-order valence-electron chi connectivity index (χ1n) is 6.65. The zero-order valence-corrected chi connectivity index (χ0v) is 11.9. The van der Waals surface area contributed by atoms with Gasteiger partial charge in [-0.2, -0.15) is 0 Å². The SMILES string of the molecule is Cc1cc(C(NN)C2CCCC(C)C2)sc1C. The van der Waals surface area contributed by atoms with Crippen LogP contribution in [0.15, 0.2) is 6.07 Å². The lowest BCUT2D eigenvalue weighted by Gasteiger charge is -2.32. The molecule has 3 unspecified atom stereocenters. The first kappa shape index (κ1) is 13.1. The van der Waals surface area contributed by atoms with E-state index in [4.69, 9.17) is 5.84 Å². The van der Waals surface area contributed by atoms with E-state index in [1.54, 1.807) is 0 Å². The van der Waals surface area contributed by atoms with Gasteiger partial charge in [0, 0.05) is 9.75 Å². The van der Waals surface area contributed by atoms with Gasteiger partial charge in [-0.15, -0.1) is 11.3 Å². The Morgan fingerprint density at radius 2 is 2.18 bits per heavy atom. The average molecular weight is 252 g/mol. The molecule has 0 aromatic carbocycles. The van der Waals surface area contributed by atoms with Crippen molar-refractivity contribution < 1.29 is 0 Å². The van der Waals surface area contributed by atoms with Gasteiger partial charge in [-0.25, -0.2) is 0 Å². The van der Waals surface area contributed by atoms with Crippen molar-refractivity contribution in [1.82, 2.24) is 5.43 Å². The zero-order valence-electron chi connectivity index (χ0n) is 11.1. The van der Waals surface area contributed by atoms with E-state index >= 15 is 0 Å². The highest BCUT2D eigenvalue weighted by Crippen LogP contribution is 2.39. The minimum absolute atomic E-state index is 0.357. The monoisotopic (exact) mass is 252 g/mol. The van der Waals surface area contributed by atoms with Crippen LogP contribution in [0.3, 0.4) is 0 Å². The molecule has 0 bridgehead atoms. The molecule has 0 saturated heterocycles. The lowest BCUT2D eigenvalue weighted by atomic mass is 9.78. The molecule has 1 aromatic heterocycles. The maximum Gasteiger partial charge on any atom is 0.0581 e. The number of rotatable bonds is 3. The number of thiophene rings is 1. The van der Waals surface area contributed by atoms with Gasteiger partial charge in [0.2, 0.25) is 0 Å². The third-order valence-corrected chi connectivity index (χ3v) is 5.36. The predicted molar refractivity (Wildman–Crippen MR) is 75.0 cm³/mol. The van der Waals surface area contributed by atoms with Crippen molar-refractivity contribution in [1.29, 1.82) is 0 Å². The summed E-state index contributed by atoms with van der Waals surface area (Å²) in [5, 5.41) is 0. The minimum atomic E-state index is 0.357. The third kappa shape index (κ3) is 2.90. The highest BCUT2D eigenvalue weighted by atomic mass is 32.1. The molecule has 17 heavy (non-hydrogen) atoms. The lowest BCUT2D eigenvalue weighted by Crippen LogP contribution is -2.35. The summed E-state index contributed by atoms with van der Waals surface area (Å²) in [6.45, 7) is 6.75. The van der Waals surface area contributed by atoms with E-state index in [-0.39, 0.29) is 0 Å². The molecule has 96 valence electrons. The fraction of sp³-hybridized carbons (Fsp3) is 0.714. The van der Waals surface area contributed by atoms with Crippen LogP contribution in [-0.2, 0) is 0 Å². The van der Waals surface area contributed by atoms with Crippen molar-refractivity contribution in [3.8, 4) is 0 Å². The van der Waals surface area contributed by atoms with E-state index in [0.717, 1.165) is 5.92 Å². The molecule has 2 rings (SSSR count). The number of hydrogen-bond donors (Lipinski definition) is 2. The van der Waals surface area contributed by atoms with Crippen molar-refractivity contribution in [2.45, 2.75) is 52.5 Å². The Morgan fingerprint density at radius 1 is 1.41 bits per heavy atom. The number of aryl methyl sites for hydroxylation is 2. The molecular formula is C14H24N2S. The Labute approximate surface area is 109 Å². The van der Waals surface area contributed by atoms with Crippen molar-refractivity contribution in [2.75, 3.05) is 0 Å².